The highest BCUT2D eigenvalue weighted by Crippen LogP contribution is 2.33. The molecule has 3 nitrogen and oxygen atoms in total. The molecule has 0 aromatic carbocycles. The zero-order valence-electron chi connectivity index (χ0n) is 9.78. The van der Waals surface area contributed by atoms with Gasteiger partial charge in [-0.25, -0.2) is 0 Å². The quantitative estimate of drug-likeness (QED) is 0.688. The molecule has 3 N–H and O–H groups in total. The highest BCUT2D eigenvalue weighted by atomic mass is 14.8. The molecule has 1 aliphatic rings. The summed E-state index contributed by atoms with van der Waals surface area (Å²) >= 11 is 0. The van der Waals surface area contributed by atoms with E-state index < -0.39 is 0 Å². The third-order valence-electron chi connectivity index (χ3n) is 3.08. The summed E-state index contributed by atoms with van der Waals surface area (Å²) in [5.41, 5.74) is 7.80. The molecule has 0 aliphatic heterocycles. The number of aromatic nitrogens is 1. The van der Waals surface area contributed by atoms with Crippen molar-refractivity contribution in [1.82, 2.24) is 10.3 Å². The summed E-state index contributed by atoms with van der Waals surface area (Å²) in [5.74, 6) is 1.05. The first kappa shape index (κ1) is 11.6. The van der Waals surface area contributed by atoms with Crippen molar-refractivity contribution in [2.45, 2.75) is 38.8 Å². The van der Waals surface area contributed by atoms with Crippen LogP contribution in [0.15, 0.2) is 18.3 Å². The molecule has 1 aliphatic carbocycles. The van der Waals surface area contributed by atoms with Crippen molar-refractivity contribution < 1.29 is 0 Å². The minimum Gasteiger partial charge on any atom is -0.325 e. The van der Waals surface area contributed by atoms with Crippen molar-refractivity contribution in [2.24, 2.45) is 11.7 Å². The van der Waals surface area contributed by atoms with Gasteiger partial charge in [0.05, 0.1) is 5.69 Å². The summed E-state index contributed by atoms with van der Waals surface area (Å²) in [6.07, 6.45) is 7.47. The first-order valence-corrected chi connectivity index (χ1v) is 6.23. The first-order valence-electron chi connectivity index (χ1n) is 6.23. The van der Waals surface area contributed by atoms with Crippen molar-refractivity contribution in [3.63, 3.8) is 0 Å². The van der Waals surface area contributed by atoms with Gasteiger partial charge in [-0.2, -0.15) is 0 Å². The molecule has 0 amide bonds. The van der Waals surface area contributed by atoms with E-state index in [0.717, 1.165) is 24.7 Å². The van der Waals surface area contributed by atoms with Gasteiger partial charge in [0, 0.05) is 19.3 Å². The molecule has 1 saturated carbocycles. The number of nitrogens with zero attached hydrogens (tertiary/aromatic N) is 1. The Bertz CT molecular complexity index is 321. The Morgan fingerprint density at radius 2 is 2.31 bits per heavy atom. The van der Waals surface area contributed by atoms with Crippen LogP contribution in [-0.2, 0) is 13.1 Å². The van der Waals surface area contributed by atoms with Gasteiger partial charge in [-0.15, -0.1) is 0 Å². The Morgan fingerprint density at radius 1 is 1.44 bits per heavy atom. The second kappa shape index (κ2) is 5.97. The fraction of sp³-hybridized carbons (Fsp3) is 0.615. The van der Waals surface area contributed by atoms with Crippen molar-refractivity contribution >= 4 is 0 Å². The van der Waals surface area contributed by atoms with Crippen molar-refractivity contribution in [1.29, 1.82) is 0 Å². The molecule has 16 heavy (non-hydrogen) atoms. The van der Waals surface area contributed by atoms with E-state index in [1.807, 2.05) is 12.3 Å². The van der Waals surface area contributed by atoms with E-state index in [1.54, 1.807) is 0 Å². The average molecular weight is 219 g/mol. The van der Waals surface area contributed by atoms with Gasteiger partial charge < -0.3 is 11.1 Å². The number of rotatable bonds is 7. The Kier molecular flexibility index (Phi) is 4.31. The van der Waals surface area contributed by atoms with E-state index in [4.69, 9.17) is 5.73 Å². The maximum absolute atomic E-state index is 5.55. The normalized spacial score (nSPS) is 15.3. The van der Waals surface area contributed by atoms with Crippen LogP contribution in [0.1, 0.15) is 36.9 Å². The van der Waals surface area contributed by atoms with E-state index in [1.165, 1.54) is 31.2 Å². The minimum absolute atomic E-state index is 0.523. The smallest absolute Gasteiger partial charge is 0.0542 e. The monoisotopic (exact) mass is 219 g/mol. The topological polar surface area (TPSA) is 50.9 Å². The van der Waals surface area contributed by atoms with Gasteiger partial charge in [0.2, 0.25) is 0 Å². The molecule has 1 aromatic heterocycles. The average Bonchev–Trinajstić information content (AvgIpc) is 3.13. The molecular weight excluding hydrogens is 198 g/mol. The van der Waals surface area contributed by atoms with Gasteiger partial charge >= 0.3 is 0 Å². The highest BCUT2D eigenvalue weighted by Gasteiger charge is 2.19. The lowest BCUT2D eigenvalue weighted by Gasteiger charge is -2.05. The molecule has 3 heteroatoms. The molecule has 2 rings (SSSR count). The highest BCUT2D eigenvalue weighted by molar-refractivity contribution is 5.15. The first-order chi connectivity index (χ1) is 7.88. The number of nitrogens with two attached hydrogens (primary N) is 1. The molecule has 0 bridgehead atoms. The summed E-state index contributed by atoms with van der Waals surface area (Å²) in [5, 5.41) is 3.47. The van der Waals surface area contributed by atoms with E-state index in [-0.39, 0.29) is 0 Å². The maximum Gasteiger partial charge on any atom is 0.0542 e. The van der Waals surface area contributed by atoms with Gasteiger partial charge in [-0.1, -0.05) is 12.8 Å². The lowest BCUT2D eigenvalue weighted by molar-refractivity contribution is 0.593. The Labute approximate surface area is 97.5 Å². The van der Waals surface area contributed by atoms with Gasteiger partial charge in [0.15, 0.2) is 0 Å². The van der Waals surface area contributed by atoms with Crippen LogP contribution in [-0.4, -0.2) is 11.5 Å². The Balaban J connectivity index is 1.63. The second-order valence-electron chi connectivity index (χ2n) is 4.62. The molecule has 88 valence electrons. The van der Waals surface area contributed by atoms with Crippen LogP contribution in [0.25, 0.3) is 0 Å². The molecule has 0 saturated heterocycles. The van der Waals surface area contributed by atoms with E-state index in [0.29, 0.717) is 6.54 Å². The number of pyridine rings is 1. The molecule has 0 spiro atoms. The lowest BCUT2D eigenvalue weighted by Crippen LogP contribution is -2.15. The van der Waals surface area contributed by atoms with Crippen molar-refractivity contribution in [3.05, 3.63) is 29.6 Å². The number of nitrogens with one attached hydrogen (secondary N) is 1. The zero-order chi connectivity index (χ0) is 11.2. The SMILES string of the molecule is NCc1cc(CNCCCC2CC2)ccn1. The van der Waals surface area contributed by atoms with E-state index >= 15 is 0 Å². The van der Waals surface area contributed by atoms with Gasteiger partial charge in [-0.3, -0.25) is 4.98 Å². The van der Waals surface area contributed by atoms with Gasteiger partial charge in [0.1, 0.15) is 0 Å². The molecule has 0 unspecified atom stereocenters. The van der Waals surface area contributed by atoms with E-state index in [2.05, 4.69) is 16.4 Å². The minimum atomic E-state index is 0.523. The largest absolute Gasteiger partial charge is 0.325 e. The van der Waals surface area contributed by atoms with Crippen LogP contribution >= 0.6 is 0 Å². The summed E-state index contributed by atoms with van der Waals surface area (Å²) in [4.78, 5) is 4.18. The Hall–Kier alpha value is -0.930. The molecular formula is C13H21N3. The van der Waals surface area contributed by atoms with Crippen LogP contribution in [0, 0.1) is 5.92 Å². The third kappa shape index (κ3) is 3.91. The molecule has 1 fully saturated rings. The van der Waals surface area contributed by atoms with Gasteiger partial charge in [-0.05, 0) is 43.0 Å². The van der Waals surface area contributed by atoms with Crippen LogP contribution in [0.4, 0.5) is 0 Å². The number of hydrogen-bond acceptors (Lipinski definition) is 3. The van der Waals surface area contributed by atoms with Crippen LogP contribution in [0.3, 0.4) is 0 Å². The number of hydrogen-bond donors (Lipinski definition) is 2. The third-order valence-corrected chi connectivity index (χ3v) is 3.08. The van der Waals surface area contributed by atoms with Gasteiger partial charge in [0.25, 0.3) is 0 Å². The molecule has 0 radical (unpaired) electrons. The van der Waals surface area contributed by atoms with Crippen LogP contribution in [0.2, 0.25) is 0 Å². The molecule has 0 atom stereocenters. The van der Waals surface area contributed by atoms with Crippen LogP contribution in [0.5, 0.6) is 0 Å². The summed E-state index contributed by atoms with van der Waals surface area (Å²) in [6, 6.07) is 4.13. The van der Waals surface area contributed by atoms with Crippen molar-refractivity contribution in [3.8, 4) is 0 Å². The fourth-order valence-corrected chi connectivity index (χ4v) is 1.90. The van der Waals surface area contributed by atoms with Crippen LogP contribution < -0.4 is 11.1 Å². The second-order valence-corrected chi connectivity index (χ2v) is 4.62. The maximum atomic E-state index is 5.55. The summed E-state index contributed by atoms with van der Waals surface area (Å²) in [7, 11) is 0. The van der Waals surface area contributed by atoms with E-state index in [9.17, 15) is 0 Å². The predicted molar refractivity (Wildman–Crippen MR) is 65.8 cm³/mol. The molecule has 1 heterocycles. The Morgan fingerprint density at radius 3 is 3.06 bits per heavy atom. The zero-order valence-corrected chi connectivity index (χ0v) is 9.78. The molecule has 1 aromatic rings. The summed E-state index contributed by atoms with van der Waals surface area (Å²) in [6.45, 7) is 2.58. The predicted octanol–water partition coefficient (Wildman–Crippen LogP) is 1.82. The summed E-state index contributed by atoms with van der Waals surface area (Å²) < 4.78 is 0. The standard InChI is InChI=1S/C13H21N3/c14-9-13-8-12(5-7-16-13)10-15-6-1-2-11-3-4-11/h5,7-8,11,15H,1-4,6,9-10,14H2. The van der Waals surface area contributed by atoms with Crippen molar-refractivity contribution in [2.75, 3.05) is 6.54 Å². The fourth-order valence-electron chi connectivity index (χ4n) is 1.90. The lowest BCUT2D eigenvalue weighted by atomic mass is 10.2.